The van der Waals surface area contributed by atoms with Gasteiger partial charge in [0.15, 0.2) is 5.82 Å². The fourth-order valence-corrected chi connectivity index (χ4v) is 4.95. The average Bonchev–Trinajstić information content (AvgIpc) is 2.81. The molecule has 1 N–H and O–H groups in total. The largest absolute Gasteiger partial charge is 0.365 e. The SMILES string of the molecule is O=C(c1ccc(F)cc1-c1ncccn1)N1CC2CCC1C(Nc1ccc(Br)cn1)C2. The summed E-state index contributed by atoms with van der Waals surface area (Å²) in [5.41, 5.74) is 0.854. The van der Waals surface area contributed by atoms with Gasteiger partial charge < -0.3 is 10.2 Å². The van der Waals surface area contributed by atoms with E-state index in [2.05, 4.69) is 36.2 Å². The van der Waals surface area contributed by atoms with Gasteiger partial charge in [0.1, 0.15) is 11.6 Å². The van der Waals surface area contributed by atoms with Gasteiger partial charge in [-0.1, -0.05) is 0 Å². The Kier molecular flexibility index (Phi) is 5.40. The van der Waals surface area contributed by atoms with Gasteiger partial charge in [-0.25, -0.2) is 19.3 Å². The summed E-state index contributed by atoms with van der Waals surface area (Å²) in [6.07, 6.45) is 7.99. The van der Waals surface area contributed by atoms with Crippen LogP contribution in [0.3, 0.4) is 0 Å². The minimum Gasteiger partial charge on any atom is -0.365 e. The van der Waals surface area contributed by atoms with Crippen LogP contribution in [0.4, 0.5) is 10.2 Å². The van der Waals surface area contributed by atoms with Gasteiger partial charge in [0.25, 0.3) is 5.91 Å². The quantitative estimate of drug-likeness (QED) is 0.591. The molecule has 1 aromatic carbocycles. The average molecular weight is 482 g/mol. The first-order valence-electron chi connectivity index (χ1n) is 10.3. The predicted molar refractivity (Wildman–Crippen MR) is 119 cm³/mol. The molecule has 6 nitrogen and oxygen atoms in total. The highest BCUT2D eigenvalue weighted by molar-refractivity contribution is 9.10. The Bertz CT molecular complexity index is 1090. The fourth-order valence-electron chi connectivity index (χ4n) is 4.71. The van der Waals surface area contributed by atoms with Crippen LogP contribution in [0.5, 0.6) is 0 Å². The zero-order chi connectivity index (χ0) is 21.4. The monoisotopic (exact) mass is 481 g/mol. The van der Waals surface area contributed by atoms with Crippen LogP contribution in [0.25, 0.3) is 11.4 Å². The highest BCUT2D eigenvalue weighted by atomic mass is 79.9. The Balaban J connectivity index is 1.44. The number of aromatic nitrogens is 3. The van der Waals surface area contributed by atoms with Gasteiger partial charge >= 0.3 is 0 Å². The second kappa shape index (κ2) is 8.34. The number of hydrogen-bond donors (Lipinski definition) is 1. The lowest BCUT2D eigenvalue weighted by molar-refractivity contribution is 0.0282. The van der Waals surface area contributed by atoms with E-state index in [0.29, 0.717) is 29.4 Å². The van der Waals surface area contributed by atoms with E-state index in [1.807, 2.05) is 17.0 Å². The number of carbonyl (C=O) groups excluding carboxylic acids is 1. The number of halogens is 2. The van der Waals surface area contributed by atoms with Crippen LogP contribution >= 0.6 is 15.9 Å². The van der Waals surface area contributed by atoms with Gasteiger partial charge in [0.05, 0.1) is 11.6 Å². The lowest BCUT2D eigenvalue weighted by atomic mass is 9.76. The van der Waals surface area contributed by atoms with Crippen LogP contribution in [0, 0.1) is 11.7 Å². The molecular formula is C23H21BrFN5O. The molecule has 1 saturated carbocycles. The fraction of sp³-hybridized carbons (Fsp3) is 0.304. The molecule has 6 rings (SSSR count). The Morgan fingerprint density at radius 3 is 2.71 bits per heavy atom. The molecule has 0 radical (unpaired) electrons. The summed E-state index contributed by atoms with van der Waals surface area (Å²) in [7, 11) is 0. The number of benzene rings is 1. The van der Waals surface area contributed by atoms with Gasteiger partial charge in [0, 0.05) is 41.2 Å². The third-order valence-electron chi connectivity index (χ3n) is 6.12. The maximum absolute atomic E-state index is 14.0. The number of piperidine rings is 2. The van der Waals surface area contributed by atoms with Crippen molar-refractivity contribution in [1.29, 1.82) is 0 Å². The Morgan fingerprint density at radius 1 is 1.13 bits per heavy atom. The lowest BCUT2D eigenvalue weighted by Crippen LogP contribution is -2.59. The lowest BCUT2D eigenvalue weighted by Gasteiger charge is -2.50. The first-order valence-corrected chi connectivity index (χ1v) is 11.1. The van der Waals surface area contributed by atoms with Crippen molar-refractivity contribution in [3.8, 4) is 11.4 Å². The minimum absolute atomic E-state index is 0.0533. The molecular weight excluding hydrogens is 461 g/mol. The molecule has 3 fully saturated rings. The summed E-state index contributed by atoms with van der Waals surface area (Å²) in [6.45, 7) is 0.710. The molecule has 3 unspecified atom stereocenters. The third-order valence-corrected chi connectivity index (χ3v) is 6.59. The smallest absolute Gasteiger partial charge is 0.254 e. The van der Waals surface area contributed by atoms with Crippen molar-refractivity contribution in [2.75, 3.05) is 11.9 Å². The number of nitrogens with one attached hydrogen (secondary N) is 1. The van der Waals surface area contributed by atoms with Crippen LogP contribution < -0.4 is 5.32 Å². The molecule has 2 bridgehead atoms. The molecule has 158 valence electrons. The van der Waals surface area contributed by atoms with E-state index >= 15 is 0 Å². The third kappa shape index (κ3) is 4.04. The number of rotatable bonds is 4. The molecule has 4 heterocycles. The summed E-state index contributed by atoms with van der Waals surface area (Å²) in [5.74, 6) is 1.06. The first kappa shape index (κ1) is 20.1. The van der Waals surface area contributed by atoms with Crippen LogP contribution in [0.2, 0.25) is 0 Å². The number of amides is 1. The van der Waals surface area contributed by atoms with Gasteiger partial charge in [0.2, 0.25) is 0 Å². The van der Waals surface area contributed by atoms with E-state index in [1.165, 1.54) is 12.1 Å². The van der Waals surface area contributed by atoms with E-state index in [9.17, 15) is 9.18 Å². The minimum atomic E-state index is -0.417. The number of pyridine rings is 1. The zero-order valence-corrected chi connectivity index (χ0v) is 18.3. The van der Waals surface area contributed by atoms with Gasteiger partial charge in [-0.15, -0.1) is 0 Å². The molecule has 2 saturated heterocycles. The van der Waals surface area contributed by atoms with Crippen molar-refractivity contribution in [3.05, 3.63) is 70.8 Å². The maximum Gasteiger partial charge on any atom is 0.254 e. The second-order valence-corrected chi connectivity index (χ2v) is 8.99. The summed E-state index contributed by atoms with van der Waals surface area (Å²) in [4.78, 5) is 28.5. The highest BCUT2D eigenvalue weighted by Crippen LogP contribution is 2.38. The van der Waals surface area contributed by atoms with E-state index in [0.717, 1.165) is 29.6 Å². The standard InChI is InChI=1S/C23H21BrFN5O/c24-15-3-7-21(28-12-15)29-19-10-14-2-6-20(19)30(13-14)23(31)17-5-4-16(25)11-18(17)22-26-8-1-9-27-22/h1,3-5,7-9,11-12,14,19-20H,2,6,10,13H2,(H,28,29). The van der Waals surface area contributed by atoms with Crippen LogP contribution in [-0.4, -0.2) is 44.4 Å². The zero-order valence-electron chi connectivity index (χ0n) is 16.7. The molecule has 31 heavy (non-hydrogen) atoms. The summed E-state index contributed by atoms with van der Waals surface area (Å²) in [6, 6.07) is 9.97. The predicted octanol–water partition coefficient (Wildman–Crippen LogP) is 4.55. The Hall–Kier alpha value is -2.87. The molecule has 1 amide bonds. The van der Waals surface area contributed by atoms with Crippen molar-refractivity contribution in [3.63, 3.8) is 0 Å². The normalized spacial score (nSPS) is 22.4. The van der Waals surface area contributed by atoms with Gasteiger partial charge in [-0.2, -0.15) is 0 Å². The molecule has 8 heteroatoms. The van der Waals surface area contributed by atoms with E-state index < -0.39 is 5.82 Å². The maximum atomic E-state index is 14.0. The topological polar surface area (TPSA) is 71.0 Å². The number of anilines is 1. The molecule has 0 spiro atoms. The second-order valence-electron chi connectivity index (χ2n) is 8.08. The molecule has 1 aliphatic carbocycles. The number of nitrogens with zero attached hydrogens (tertiary/aromatic N) is 4. The van der Waals surface area contributed by atoms with E-state index in [1.54, 1.807) is 30.7 Å². The molecule has 2 aliphatic heterocycles. The summed E-state index contributed by atoms with van der Waals surface area (Å²) >= 11 is 3.41. The Labute approximate surface area is 188 Å². The van der Waals surface area contributed by atoms with Gasteiger partial charge in [-0.3, -0.25) is 4.79 Å². The van der Waals surface area contributed by atoms with Crippen molar-refractivity contribution < 1.29 is 9.18 Å². The number of carbonyl (C=O) groups is 1. The van der Waals surface area contributed by atoms with Crippen LogP contribution in [-0.2, 0) is 0 Å². The van der Waals surface area contributed by atoms with E-state index in [-0.39, 0.29) is 18.0 Å². The molecule has 3 atom stereocenters. The van der Waals surface area contributed by atoms with Crippen molar-refractivity contribution >= 4 is 27.7 Å². The summed E-state index contributed by atoms with van der Waals surface area (Å²) in [5, 5.41) is 3.52. The number of fused-ring (bicyclic) bond motifs is 3. The molecule has 2 aromatic heterocycles. The molecule has 3 aliphatic rings. The van der Waals surface area contributed by atoms with Crippen molar-refractivity contribution in [2.45, 2.75) is 31.3 Å². The van der Waals surface area contributed by atoms with Crippen molar-refractivity contribution in [2.24, 2.45) is 5.92 Å². The van der Waals surface area contributed by atoms with Crippen LogP contribution in [0.1, 0.15) is 29.6 Å². The first-order chi connectivity index (χ1) is 15.1. The Morgan fingerprint density at radius 2 is 1.97 bits per heavy atom. The highest BCUT2D eigenvalue weighted by Gasteiger charge is 2.43. The molecule has 3 aromatic rings. The van der Waals surface area contributed by atoms with E-state index in [4.69, 9.17) is 0 Å². The van der Waals surface area contributed by atoms with Crippen molar-refractivity contribution in [1.82, 2.24) is 19.9 Å². The van der Waals surface area contributed by atoms with Gasteiger partial charge in [-0.05, 0) is 77.5 Å². The van der Waals surface area contributed by atoms with Crippen LogP contribution in [0.15, 0.2) is 59.5 Å². The number of hydrogen-bond acceptors (Lipinski definition) is 5. The summed E-state index contributed by atoms with van der Waals surface area (Å²) < 4.78 is 14.9.